The highest BCUT2D eigenvalue weighted by Gasteiger charge is 2.35. The normalized spacial score (nSPS) is 19.2. The molecule has 1 heterocycles. The molecule has 1 amide bonds. The third-order valence-corrected chi connectivity index (χ3v) is 3.68. The zero-order chi connectivity index (χ0) is 13.1. The summed E-state index contributed by atoms with van der Waals surface area (Å²) in [5, 5.41) is 12.7. The van der Waals surface area contributed by atoms with Crippen LogP contribution >= 0.6 is 24.0 Å². The number of benzene rings is 1. The van der Waals surface area contributed by atoms with Crippen molar-refractivity contribution >= 4 is 40.7 Å². The van der Waals surface area contributed by atoms with Gasteiger partial charge in [0.2, 0.25) is 0 Å². The quantitative estimate of drug-likeness (QED) is 0.824. The monoisotopic (exact) mass is 282 g/mol. The van der Waals surface area contributed by atoms with E-state index in [2.05, 4.69) is 5.32 Å². The van der Waals surface area contributed by atoms with Crippen molar-refractivity contribution in [2.45, 2.75) is 12.5 Å². The Balaban J connectivity index is 2.16. The van der Waals surface area contributed by atoms with Gasteiger partial charge >= 0.3 is 0 Å². The number of rotatable bonds is 4. The van der Waals surface area contributed by atoms with Crippen molar-refractivity contribution in [2.75, 3.05) is 16.9 Å². The molecule has 1 aliphatic heterocycles. The first-order chi connectivity index (χ1) is 8.63. The maximum absolute atomic E-state index is 12.2. The Kier molecular flexibility index (Phi) is 4.08. The average molecular weight is 282 g/mol. The summed E-state index contributed by atoms with van der Waals surface area (Å²) >= 11 is 6.89. The Hall–Kier alpha value is -1.27. The predicted molar refractivity (Wildman–Crippen MR) is 78.1 cm³/mol. The number of thiocarbonyl (C=S) groups is 1. The van der Waals surface area contributed by atoms with Crippen LogP contribution in [0.3, 0.4) is 0 Å². The maximum atomic E-state index is 12.2. The van der Waals surface area contributed by atoms with Crippen LogP contribution in [0.5, 0.6) is 5.75 Å². The molecule has 1 unspecified atom stereocenters. The second-order valence-corrected chi connectivity index (χ2v) is 5.35. The molecule has 6 heteroatoms. The van der Waals surface area contributed by atoms with Gasteiger partial charge in [-0.25, -0.2) is 0 Å². The van der Waals surface area contributed by atoms with E-state index in [1.165, 1.54) is 4.90 Å². The van der Waals surface area contributed by atoms with Crippen molar-refractivity contribution in [3.8, 4) is 5.75 Å². The van der Waals surface area contributed by atoms with E-state index in [4.69, 9.17) is 12.2 Å². The molecule has 0 aliphatic carbocycles. The minimum atomic E-state index is -0.237. The summed E-state index contributed by atoms with van der Waals surface area (Å²) in [5.41, 5.74) is 0.682. The molecule has 2 N–H and O–H groups in total. The van der Waals surface area contributed by atoms with Crippen molar-refractivity contribution in [1.82, 2.24) is 5.32 Å². The van der Waals surface area contributed by atoms with Gasteiger partial charge < -0.3 is 10.4 Å². The van der Waals surface area contributed by atoms with Crippen molar-refractivity contribution in [3.63, 3.8) is 0 Å². The predicted octanol–water partition coefficient (Wildman–Crippen LogP) is 1.73. The molecule has 0 saturated carbocycles. The minimum Gasteiger partial charge on any atom is -0.508 e. The number of hydrogen-bond acceptors (Lipinski definition) is 4. The third kappa shape index (κ3) is 2.59. The fourth-order valence-electron chi connectivity index (χ4n) is 1.81. The number of carbonyl (C=O) groups excluding carboxylic acids is 1. The number of phenols is 1. The summed E-state index contributed by atoms with van der Waals surface area (Å²) in [4.78, 5) is 13.7. The van der Waals surface area contributed by atoms with Crippen LogP contribution in [-0.2, 0) is 4.79 Å². The summed E-state index contributed by atoms with van der Waals surface area (Å²) in [5.74, 6) is 1.05. The molecular weight excluding hydrogens is 268 g/mol. The van der Waals surface area contributed by atoms with E-state index < -0.39 is 0 Å². The highest BCUT2D eigenvalue weighted by atomic mass is 32.2. The molecule has 1 saturated heterocycles. The van der Waals surface area contributed by atoms with Gasteiger partial charge in [0.15, 0.2) is 5.11 Å². The number of nitrogens with zero attached hydrogens (tertiary/aromatic N) is 1. The summed E-state index contributed by atoms with van der Waals surface area (Å²) in [6, 6.07) is 6.20. The van der Waals surface area contributed by atoms with Gasteiger partial charge in [-0.15, -0.1) is 0 Å². The summed E-state index contributed by atoms with van der Waals surface area (Å²) in [7, 11) is 0. The molecule has 0 spiro atoms. The van der Waals surface area contributed by atoms with Crippen LogP contribution in [-0.4, -0.2) is 34.2 Å². The van der Waals surface area contributed by atoms with Gasteiger partial charge in [-0.2, -0.15) is 11.8 Å². The lowest BCUT2D eigenvalue weighted by Crippen LogP contribution is -2.31. The first kappa shape index (κ1) is 13.2. The van der Waals surface area contributed by atoms with Crippen molar-refractivity contribution in [3.05, 3.63) is 24.3 Å². The van der Waals surface area contributed by atoms with Gasteiger partial charge in [0.25, 0.3) is 5.91 Å². The molecule has 2 rings (SSSR count). The third-order valence-electron chi connectivity index (χ3n) is 2.74. The topological polar surface area (TPSA) is 52.6 Å². The molecular formula is C12H14N2O2S2. The zero-order valence-electron chi connectivity index (χ0n) is 9.92. The highest BCUT2D eigenvalue weighted by Crippen LogP contribution is 2.23. The number of amides is 1. The van der Waals surface area contributed by atoms with Gasteiger partial charge in [0, 0.05) is 0 Å². The molecule has 1 aromatic rings. The lowest BCUT2D eigenvalue weighted by molar-refractivity contribution is -0.118. The van der Waals surface area contributed by atoms with Crippen LogP contribution < -0.4 is 10.2 Å². The van der Waals surface area contributed by atoms with Gasteiger partial charge in [-0.3, -0.25) is 9.69 Å². The number of anilines is 1. The number of thioether (sulfide) groups is 1. The summed E-state index contributed by atoms with van der Waals surface area (Å²) in [6.45, 7) is 0. The Morgan fingerprint density at radius 3 is 2.72 bits per heavy atom. The Morgan fingerprint density at radius 1 is 1.44 bits per heavy atom. The number of carbonyl (C=O) groups is 1. The molecule has 1 aromatic carbocycles. The Labute approximate surface area is 115 Å². The van der Waals surface area contributed by atoms with E-state index in [0.717, 1.165) is 12.2 Å². The molecule has 96 valence electrons. The van der Waals surface area contributed by atoms with Crippen molar-refractivity contribution in [2.24, 2.45) is 0 Å². The van der Waals surface area contributed by atoms with E-state index in [0.29, 0.717) is 10.8 Å². The fraction of sp³-hybridized carbons (Fsp3) is 0.333. The lowest BCUT2D eigenvalue weighted by atomic mass is 10.2. The maximum Gasteiger partial charge on any atom is 0.255 e. The van der Waals surface area contributed by atoms with Gasteiger partial charge in [0.1, 0.15) is 11.8 Å². The first-order valence-corrected chi connectivity index (χ1v) is 7.36. The van der Waals surface area contributed by atoms with Crippen LogP contribution in [0.25, 0.3) is 0 Å². The lowest BCUT2D eigenvalue weighted by Gasteiger charge is -2.14. The molecule has 1 aliphatic rings. The van der Waals surface area contributed by atoms with Gasteiger partial charge in [-0.05, 0) is 54.9 Å². The zero-order valence-corrected chi connectivity index (χ0v) is 11.6. The Morgan fingerprint density at radius 2 is 2.11 bits per heavy atom. The summed E-state index contributed by atoms with van der Waals surface area (Å²) in [6.07, 6.45) is 2.77. The fourth-order valence-corrected chi connectivity index (χ4v) is 2.62. The molecule has 4 nitrogen and oxygen atoms in total. The van der Waals surface area contributed by atoms with Crippen molar-refractivity contribution < 1.29 is 9.90 Å². The van der Waals surface area contributed by atoms with Crippen LogP contribution in [0.15, 0.2) is 24.3 Å². The standard InChI is InChI=1S/C12H14N2O2S2/c1-18-7-6-10-11(16)14(12(17)13-10)8-2-4-9(15)5-3-8/h2-5,10,15H,6-7H2,1H3,(H,13,17). The van der Waals surface area contributed by atoms with Gasteiger partial charge in [-0.1, -0.05) is 0 Å². The molecule has 0 radical (unpaired) electrons. The SMILES string of the molecule is CSCCC1NC(=S)N(c2ccc(O)cc2)C1=O. The molecule has 1 fully saturated rings. The smallest absolute Gasteiger partial charge is 0.255 e. The number of nitrogens with one attached hydrogen (secondary N) is 1. The van der Waals surface area contributed by atoms with E-state index in [9.17, 15) is 9.90 Å². The van der Waals surface area contributed by atoms with E-state index >= 15 is 0 Å². The number of phenolic OH excluding ortho intramolecular Hbond substituents is 1. The average Bonchev–Trinajstić information content (AvgIpc) is 2.63. The van der Waals surface area contributed by atoms with E-state index in [-0.39, 0.29) is 17.7 Å². The van der Waals surface area contributed by atoms with Gasteiger partial charge in [0.05, 0.1) is 5.69 Å². The van der Waals surface area contributed by atoms with E-state index in [1.54, 1.807) is 36.0 Å². The van der Waals surface area contributed by atoms with Crippen LogP contribution in [0, 0.1) is 0 Å². The van der Waals surface area contributed by atoms with Crippen LogP contribution in [0.1, 0.15) is 6.42 Å². The number of hydrogen-bond donors (Lipinski definition) is 2. The second-order valence-electron chi connectivity index (χ2n) is 3.97. The molecule has 0 bridgehead atoms. The minimum absolute atomic E-state index is 0.0280. The van der Waals surface area contributed by atoms with Crippen LogP contribution in [0.2, 0.25) is 0 Å². The highest BCUT2D eigenvalue weighted by molar-refractivity contribution is 7.98. The molecule has 0 aromatic heterocycles. The van der Waals surface area contributed by atoms with E-state index in [1.807, 2.05) is 6.26 Å². The van der Waals surface area contributed by atoms with Crippen molar-refractivity contribution in [1.29, 1.82) is 0 Å². The largest absolute Gasteiger partial charge is 0.508 e. The Bertz CT molecular complexity index is 462. The molecule has 1 atom stereocenters. The molecule has 18 heavy (non-hydrogen) atoms. The summed E-state index contributed by atoms with van der Waals surface area (Å²) < 4.78 is 0. The second kappa shape index (κ2) is 5.58. The first-order valence-electron chi connectivity index (χ1n) is 5.56. The number of aromatic hydroxyl groups is 1. The van der Waals surface area contributed by atoms with Crippen LogP contribution in [0.4, 0.5) is 5.69 Å².